The highest BCUT2D eigenvalue weighted by atomic mass is 79.9. The van der Waals surface area contributed by atoms with Gasteiger partial charge in [0.05, 0.1) is 11.9 Å². The number of hydrogen-bond acceptors (Lipinski definition) is 5. The Balaban J connectivity index is 2.48. The van der Waals surface area contributed by atoms with E-state index in [0.29, 0.717) is 17.1 Å². The summed E-state index contributed by atoms with van der Waals surface area (Å²) < 4.78 is 28.0. The fourth-order valence-corrected chi connectivity index (χ4v) is 5.03. The number of halogens is 2. The molecule has 2 aromatic carbocycles. The van der Waals surface area contributed by atoms with Crippen LogP contribution in [0.2, 0.25) is 0 Å². The van der Waals surface area contributed by atoms with Gasteiger partial charge in [0.2, 0.25) is 10.0 Å². The number of anilines is 2. The summed E-state index contributed by atoms with van der Waals surface area (Å²) in [5.41, 5.74) is 3.54. The lowest BCUT2D eigenvalue weighted by Gasteiger charge is -2.24. The van der Waals surface area contributed by atoms with Crippen LogP contribution in [0.4, 0.5) is 22.7 Å². The molecule has 2 rings (SSSR count). The quantitative estimate of drug-likeness (QED) is 0.347. The lowest BCUT2D eigenvalue weighted by atomic mass is 10.2. The third-order valence-corrected chi connectivity index (χ3v) is 5.85. The van der Waals surface area contributed by atoms with Crippen LogP contribution in [-0.2, 0) is 10.0 Å². The monoisotopic (exact) mass is 544 g/mol. The SMILES string of the molecule is CCCN(CCC)c1ccc(N=Nc2c(Br)cc(C)cc2Br)c(NS(C)(=O)=O)c1. The summed E-state index contributed by atoms with van der Waals surface area (Å²) in [6.07, 6.45) is 3.14. The molecule has 0 fully saturated rings. The molecule has 2 aromatic rings. The number of aryl methyl sites for hydroxylation is 1. The van der Waals surface area contributed by atoms with Gasteiger partial charge in [-0.3, -0.25) is 4.72 Å². The molecule has 0 aliphatic heterocycles. The molecule has 6 nitrogen and oxygen atoms in total. The summed E-state index contributed by atoms with van der Waals surface area (Å²) in [5.74, 6) is 0. The number of hydrogen-bond donors (Lipinski definition) is 1. The highest BCUT2D eigenvalue weighted by Crippen LogP contribution is 2.38. The molecule has 158 valence electrons. The van der Waals surface area contributed by atoms with Crippen molar-refractivity contribution in [3.63, 3.8) is 0 Å². The molecule has 0 atom stereocenters. The van der Waals surface area contributed by atoms with Crippen LogP contribution >= 0.6 is 31.9 Å². The molecular weight excluding hydrogens is 520 g/mol. The Morgan fingerprint density at radius 3 is 2.10 bits per heavy atom. The van der Waals surface area contributed by atoms with Crippen molar-refractivity contribution >= 4 is 64.6 Å². The number of rotatable bonds is 9. The average molecular weight is 546 g/mol. The molecule has 0 unspecified atom stereocenters. The van der Waals surface area contributed by atoms with Crippen LogP contribution in [0.15, 0.2) is 49.5 Å². The molecule has 0 amide bonds. The molecule has 0 aliphatic carbocycles. The van der Waals surface area contributed by atoms with Gasteiger partial charge < -0.3 is 4.90 Å². The van der Waals surface area contributed by atoms with E-state index in [2.05, 4.69) is 65.6 Å². The normalized spacial score (nSPS) is 11.8. The van der Waals surface area contributed by atoms with Gasteiger partial charge in [0.1, 0.15) is 11.4 Å². The summed E-state index contributed by atoms with van der Waals surface area (Å²) >= 11 is 7.00. The first kappa shape index (κ1) is 23.8. The first-order valence-electron chi connectivity index (χ1n) is 9.38. The third-order valence-electron chi connectivity index (χ3n) is 4.05. The van der Waals surface area contributed by atoms with Gasteiger partial charge in [-0.1, -0.05) is 13.8 Å². The van der Waals surface area contributed by atoms with Gasteiger partial charge in [-0.05, 0) is 87.5 Å². The molecule has 0 heterocycles. The number of benzene rings is 2. The Labute approximate surface area is 190 Å². The molecule has 9 heteroatoms. The molecular formula is C20H26Br2N4O2S. The minimum atomic E-state index is -3.46. The van der Waals surface area contributed by atoms with Crippen LogP contribution in [0.25, 0.3) is 0 Å². The lowest BCUT2D eigenvalue weighted by molar-refractivity contribution is 0.607. The maximum Gasteiger partial charge on any atom is 0.229 e. The van der Waals surface area contributed by atoms with E-state index in [-0.39, 0.29) is 0 Å². The molecule has 1 N–H and O–H groups in total. The van der Waals surface area contributed by atoms with E-state index < -0.39 is 10.0 Å². The number of nitrogens with one attached hydrogen (secondary N) is 1. The molecule has 0 saturated heterocycles. The standard InChI is InChI=1S/C20H26Br2N4O2S/c1-5-9-26(10-6-2)15-7-8-18(19(13-15)25-29(4,27)28)23-24-20-16(21)11-14(3)12-17(20)22/h7-8,11-13,25H,5-6,9-10H2,1-4H3. The smallest absolute Gasteiger partial charge is 0.229 e. The Hall–Kier alpha value is -1.45. The number of azo groups is 1. The van der Waals surface area contributed by atoms with E-state index in [1.54, 1.807) is 6.07 Å². The van der Waals surface area contributed by atoms with Gasteiger partial charge in [0.25, 0.3) is 0 Å². The second-order valence-corrected chi connectivity index (χ2v) is 10.3. The van der Waals surface area contributed by atoms with Crippen molar-refractivity contribution in [2.24, 2.45) is 10.2 Å². The van der Waals surface area contributed by atoms with Crippen LogP contribution in [0, 0.1) is 6.92 Å². The van der Waals surface area contributed by atoms with E-state index in [1.165, 1.54) is 0 Å². The van der Waals surface area contributed by atoms with E-state index in [0.717, 1.165) is 52.4 Å². The molecule has 0 aliphatic rings. The lowest BCUT2D eigenvalue weighted by Crippen LogP contribution is -2.25. The zero-order chi connectivity index (χ0) is 21.6. The van der Waals surface area contributed by atoms with E-state index >= 15 is 0 Å². The molecule has 0 spiro atoms. The van der Waals surface area contributed by atoms with Crippen LogP contribution in [0.1, 0.15) is 32.3 Å². The zero-order valence-electron chi connectivity index (χ0n) is 17.0. The Bertz CT molecular complexity index is 965. The van der Waals surface area contributed by atoms with Crippen LogP contribution in [-0.4, -0.2) is 27.8 Å². The van der Waals surface area contributed by atoms with Crippen molar-refractivity contribution in [2.45, 2.75) is 33.6 Å². The highest BCUT2D eigenvalue weighted by Gasteiger charge is 2.13. The van der Waals surface area contributed by atoms with Crippen molar-refractivity contribution in [1.82, 2.24) is 0 Å². The van der Waals surface area contributed by atoms with Gasteiger partial charge in [0.15, 0.2) is 0 Å². The summed E-state index contributed by atoms with van der Waals surface area (Å²) in [6.45, 7) is 8.03. The average Bonchev–Trinajstić information content (AvgIpc) is 2.60. The molecule has 0 bridgehead atoms. The van der Waals surface area contributed by atoms with Gasteiger partial charge in [-0.15, -0.1) is 10.2 Å². The highest BCUT2D eigenvalue weighted by molar-refractivity contribution is 9.11. The second kappa shape index (κ2) is 10.5. The van der Waals surface area contributed by atoms with Crippen molar-refractivity contribution < 1.29 is 8.42 Å². The number of sulfonamides is 1. The first-order chi connectivity index (χ1) is 13.6. The van der Waals surface area contributed by atoms with E-state index in [9.17, 15) is 8.42 Å². The van der Waals surface area contributed by atoms with Gasteiger partial charge in [-0.2, -0.15) is 0 Å². The van der Waals surface area contributed by atoms with Gasteiger partial charge in [-0.25, -0.2) is 8.42 Å². The molecule has 29 heavy (non-hydrogen) atoms. The molecule has 0 saturated carbocycles. The number of nitrogens with zero attached hydrogens (tertiary/aromatic N) is 3. The fraction of sp³-hybridized carbons (Fsp3) is 0.400. The van der Waals surface area contributed by atoms with Crippen molar-refractivity contribution in [1.29, 1.82) is 0 Å². The summed E-state index contributed by atoms with van der Waals surface area (Å²) in [7, 11) is -3.46. The van der Waals surface area contributed by atoms with Crippen LogP contribution in [0.5, 0.6) is 0 Å². The zero-order valence-corrected chi connectivity index (χ0v) is 21.0. The van der Waals surface area contributed by atoms with E-state index in [4.69, 9.17) is 0 Å². The first-order valence-corrected chi connectivity index (χ1v) is 12.9. The predicted molar refractivity (Wildman–Crippen MR) is 128 cm³/mol. The maximum absolute atomic E-state index is 11.9. The van der Waals surface area contributed by atoms with Crippen molar-refractivity contribution in [2.75, 3.05) is 29.0 Å². The second-order valence-electron chi connectivity index (χ2n) is 6.84. The Kier molecular flexibility index (Phi) is 8.66. The van der Waals surface area contributed by atoms with Crippen molar-refractivity contribution in [3.8, 4) is 0 Å². The van der Waals surface area contributed by atoms with Crippen LogP contribution in [0.3, 0.4) is 0 Å². The van der Waals surface area contributed by atoms with Crippen LogP contribution < -0.4 is 9.62 Å². The molecule has 0 aromatic heterocycles. The maximum atomic E-state index is 11.9. The minimum Gasteiger partial charge on any atom is -0.371 e. The topological polar surface area (TPSA) is 74.1 Å². The van der Waals surface area contributed by atoms with Gasteiger partial charge >= 0.3 is 0 Å². The summed E-state index contributed by atoms with van der Waals surface area (Å²) in [5, 5.41) is 8.66. The van der Waals surface area contributed by atoms with Crippen molar-refractivity contribution in [3.05, 3.63) is 44.8 Å². The van der Waals surface area contributed by atoms with E-state index in [1.807, 2.05) is 31.2 Å². The minimum absolute atomic E-state index is 0.408. The molecule has 0 radical (unpaired) electrons. The predicted octanol–water partition coefficient (Wildman–Crippen LogP) is 6.93. The summed E-state index contributed by atoms with van der Waals surface area (Å²) in [6, 6.07) is 9.46. The Morgan fingerprint density at radius 2 is 1.59 bits per heavy atom. The Morgan fingerprint density at radius 1 is 1.00 bits per heavy atom. The largest absolute Gasteiger partial charge is 0.371 e. The van der Waals surface area contributed by atoms with Gasteiger partial charge in [0, 0.05) is 27.7 Å². The third kappa shape index (κ3) is 7.08. The fourth-order valence-electron chi connectivity index (χ4n) is 2.89. The summed E-state index contributed by atoms with van der Waals surface area (Å²) in [4.78, 5) is 2.24.